The third-order valence-electron chi connectivity index (χ3n) is 4.84. The number of benzene rings is 2. The molecular weight excluding hydrogens is 404 g/mol. The maximum Gasteiger partial charge on any atom is 0.279 e. The van der Waals surface area contributed by atoms with Gasteiger partial charge in [0.05, 0.1) is 32.6 Å². The molecule has 1 atom stereocenters. The van der Waals surface area contributed by atoms with Crippen LogP contribution in [-0.2, 0) is 10.0 Å². The monoisotopic (exact) mass is 420 g/mol. The van der Waals surface area contributed by atoms with Gasteiger partial charge in [-0.05, 0) is 41.3 Å². The van der Waals surface area contributed by atoms with Crippen molar-refractivity contribution in [3.05, 3.63) is 88.9 Å². The summed E-state index contributed by atoms with van der Waals surface area (Å²) in [6, 6.07) is 17.5. The minimum atomic E-state index is -3.80. The summed E-state index contributed by atoms with van der Waals surface area (Å²) in [6.45, 7) is 0. The Labute approximate surface area is 172 Å². The maximum atomic E-state index is 13.4. The van der Waals surface area contributed by atoms with Gasteiger partial charge in [-0.15, -0.1) is 11.3 Å². The molecule has 4 aromatic rings. The van der Waals surface area contributed by atoms with Crippen LogP contribution in [0.4, 0.5) is 0 Å². The summed E-state index contributed by atoms with van der Waals surface area (Å²) in [5.41, 5.74) is 3.11. The second-order valence-electron chi connectivity index (χ2n) is 6.64. The molecule has 0 fully saturated rings. The molecule has 8 heteroatoms. The van der Waals surface area contributed by atoms with Crippen molar-refractivity contribution in [3.8, 4) is 0 Å². The largest absolute Gasteiger partial charge is 0.279 e. The Morgan fingerprint density at radius 2 is 1.72 bits per heavy atom. The molecule has 0 bridgehead atoms. The molecule has 1 aliphatic rings. The van der Waals surface area contributed by atoms with Gasteiger partial charge in [-0.2, -0.15) is 17.9 Å². The highest BCUT2D eigenvalue weighted by Crippen LogP contribution is 2.38. The summed E-state index contributed by atoms with van der Waals surface area (Å²) in [6.07, 6.45) is 3.77. The number of aromatic nitrogens is 2. The van der Waals surface area contributed by atoms with Crippen LogP contribution in [0.3, 0.4) is 0 Å². The highest BCUT2D eigenvalue weighted by molar-refractivity contribution is 7.89. The molecule has 29 heavy (non-hydrogen) atoms. The first-order chi connectivity index (χ1) is 14.1. The van der Waals surface area contributed by atoms with Crippen molar-refractivity contribution in [2.24, 2.45) is 5.10 Å². The van der Waals surface area contributed by atoms with Crippen molar-refractivity contribution in [3.63, 3.8) is 0 Å². The Balaban J connectivity index is 1.62. The molecule has 0 radical (unpaired) electrons. The smallest absolute Gasteiger partial charge is 0.253 e. The molecule has 0 saturated carbocycles. The van der Waals surface area contributed by atoms with E-state index in [9.17, 15) is 8.42 Å². The van der Waals surface area contributed by atoms with E-state index in [4.69, 9.17) is 0 Å². The fourth-order valence-electron chi connectivity index (χ4n) is 3.44. The standard InChI is InChI=1S/C21H16N4O2S2/c26-29(27,16-5-2-1-3-6-16)25-20(14-19(24-25)21-7-4-12-28-21)15-8-9-17-18(13-15)23-11-10-22-17/h1-13,20H,14H2/t20-/m1/s1. The van der Waals surface area contributed by atoms with Crippen molar-refractivity contribution < 1.29 is 8.42 Å². The van der Waals surface area contributed by atoms with E-state index < -0.39 is 16.1 Å². The second-order valence-corrected chi connectivity index (χ2v) is 9.38. The Kier molecular flexibility index (Phi) is 4.37. The molecule has 2 aromatic carbocycles. The minimum Gasteiger partial charge on any atom is -0.253 e. The van der Waals surface area contributed by atoms with Gasteiger partial charge in [0.15, 0.2) is 0 Å². The molecular formula is C21H16N4O2S2. The van der Waals surface area contributed by atoms with Gasteiger partial charge in [0.1, 0.15) is 0 Å². The van der Waals surface area contributed by atoms with Gasteiger partial charge in [-0.1, -0.05) is 30.3 Å². The number of thiophene rings is 1. The van der Waals surface area contributed by atoms with Crippen molar-refractivity contribution in [1.82, 2.24) is 14.4 Å². The third-order valence-corrected chi connectivity index (χ3v) is 7.46. The van der Waals surface area contributed by atoms with Gasteiger partial charge in [-0.25, -0.2) is 0 Å². The number of sulfonamides is 1. The lowest BCUT2D eigenvalue weighted by molar-refractivity contribution is 0.371. The second kappa shape index (κ2) is 7.06. The lowest BCUT2D eigenvalue weighted by Gasteiger charge is -2.23. The van der Waals surface area contributed by atoms with Gasteiger partial charge in [0.25, 0.3) is 10.0 Å². The lowest BCUT2D eigenvalue weighted by Crippen LogP contribution is -2.27. The topological polar surface area (TPSA) is 75.5 Å². The van der Waals surface area contributed by atoms with Gasteiger partial charge >= 0.3 is 0 Å². The highest BCUT2D eigenvalue weighted by atomic mass is 32.2. The Bertz CT molecular complexity index is 1300. The number of hydrogen-bond acceptors (Lipinski definition) is 6. The van der Waals surface area contributed by atoms with Crippen molar-refractivity contribution >= 4 is 38.1 Å². The minimum absolute atomic E-state index is 0.224. The molecule has 5 rings (SSSR count). The Morgan fingerprint density at radius 3 is 2.48 bits per heavy atom. The number of fused-ring (bicyclic) bond motifs is 1. The highest BCUT2D eigenvalue weighted by Gasteiger charge is 2.38. The zero-order valence-electron chi connectivity index (χ0n) is 15.2. The predicted molar refractivity (Wildman–Crippen MR) is 113 cm³/mol. The predicted octanol–water partition coefficient (Wildman–Crippen LogP) is 4.23. The summed E-state index contributed by atoms with van der Waals surface area (Å²) in [7, 11) is -3.80. The molecule has 0 saturated heterocycles. The van der Waals surface area contributed by atoms with Crippen LogP contribution in [0.5, 0.6) is 0 Å². The maximum absolute atomic E-state index is 13.4. The first-order valence-corrected chi connectivity index (χ1v) is 11.4. The molecule has 1 aliphatic heterocycles. The molecule has 144 valence electrons. The van der Waals surface area contributed by atoms with Crippen LogP contribution in [0.25, 0.3) is 11.0 Å². The average Bonchev–Trinajstić information content (AvgIpc) is 3.44. The van der Waals surface area contributed by atoms with Crippen LogP contribution in [-0.4, -0.2) is 28.5 Å². The van der Waals surface area contributed by atoms with Crippen molar-refractivity contribution in [2.75, 3.05) is 0 Å². The van der Waals surface area contributed by atoms with Crippen molar-refractivity contribution in [1.29, 1.82) is 0 Å². The third kappa shape index (κ3) is 3.20. The summed E-state index contributed by atoms with van der Waals surface area (Å²) < 4.78 is 28.0. The summed E-state index contributed by atoms with van der Waals surface area (Å²) in [5.74, 6) is 0. The number of hydrazone groups is 1. The van der Waals surface area contributed by atoms with Gasteiger partial charge in [0.2, 0.25) is 0 Å². The lowest BCUT2D eigenvalue weighted by atomic mass is 10.0. The van der Waals surface area contributed by atoms with E-state index in [0.717, 1.165) is 27.2 Å². The summed E-state index contributed by atoms with van der Waals surface area (Å²) in [5, 5.41) is 6.52. The zero-order valence-corrected chi connectivity index (χ0v) is 16.8. The molecule has 0 spiro atoms. The van der Waals surface area contributed by atoms with Crippen LogP contribution in [0.15, 0.2) is 88.4 Å². The van der Waals surface area contributed by atoms with Gasteiger partial charge in [0, 0.05) is 18.8 Å². The van der Waals surface area contributed by atoms with Crippen LogP contribution in [0.2, 0.25) is 0 Å². The fourth-order valence-corrected chi connectivity index (χ4v) is 5.61. The van der Waals surface area contributed by atoms with E-state index >= 15 is 0 Å². The van der Waals surface area contributed by atoms with Crippen LogP contribution >= 0.6 is 11.3 Å². The normalized spacial score (nSPS) is 16.9. The van der Waals surface area contributed by atoms with Crippen LogP contribution < -0.4 is 0 Å². The van der Waals surface area contributed by atoms with Crippen LogP contribution in [0, 0.1) is 0 Å². The van der Waals surface area contributed by atoms with E-state index in [0.29, 0.717) is 6.42 Å². The Morgan fingerprint density at radius 1 is 0.931 bits per heavy atom. The van der Waals surface area contributed by atoms with E-state index in [2.05, 4.69) is 15.1 Å². The van der Waals surface area contributed by atoms with Crippen molar-refractivity contribution in [2.45, 2.75) is 17.4 Å². The fraction of sp³-hybridized carbons (Fsp3) is 0.0952. The molecule has 0 unspecified atom stereocenters. The Hall–Kier alpha value is -3.10. The van der Waals surface area contributed by atoms with E-state index in [1.165, 1.54) is 4.41 Å². The molecule has 0 N–H and O–H groups in total. The summed E-state index contributed by atoms with van der Waals surface area (Å²) in [4.78, 5) is 9.86. The zero-order chi connectivity index (χ0) is 19.8. The number of nitrogens with zero attached hydrogens (tertiary/aromatic N) is 4. The molecule has 2 aromatic heterocycles. The number of rotatable bonds is 4. The number of hydrogen-bond donors (Lipinski definition) is 0. The first-order valence-electron chi connectivity index (χ1n) is 9.04. The molecule has 0 aliphatic carbocycles. The van der Waals surface area contributed by atoms with E-state index in [-0.39, 0.29) is 4.90 Å². The van der Waals surface area contributed by atoms with E-state index in [1.807, 2.05) is 35.7 Å². The molecule has 3 heterocycles. The SMILES string of the molecule is O=S(=O)(c1ccccc1)N1N=C(c2cccs2)C[C@@H]1c1ccc2nccnc2c1. The molecule has 6 nitrogen and oxygen atoms in total. The van der Waals surface area contributed by atoms with E-state index in [1.54, 1.807) is 54.1 Å². The summed E-state index contributed by atoms with van der Waals surface area (Å²) >= 11 is 1.55. The van der Waals surface area contributed by atoms with Gasteiger partial charge < -0.3 is 0 Å². The first kappa shape index (κ1) is 18.0. The molecule has 0 amide bonds. The quantitative estimate of drug-likeness (QED) is 0.495. The van der Waals surface area contributed by atoms with Gasteiger partial charge in [-0.3, -0.25) is 9.97 Å². The van der Waals surface area contributed by atoms with Crippen LogP contribution in [0.1, 0.15) is 22.9 Å². The average molecular weight is 421 g/mol.